The summed E-state index contributed by atoms with van der Waals surface area (Å²) < 4.78 is 5.47. The van der Waals surface area contributed by atoms with Gasteiger partial charge in [-0.05, 0) is 25.1 Å². The predicted octanol–water partition coefficient (Wildman–Crippen LogP) is 2.18. The number of hydrogen-bond acceptors (Lipinski definition) is 2. The number of fused-ring (bicyclic) bond motifs is 1. The number of rotatable bonds is 1. The maximum atomic E-state index is 10.9. The molecule has 14 heavy (non-hydrogen) atoms. The number of carboxylic acids is 1. The fraction of sp³-hybridized carbons (Fsp3) is 0.182. The Labute approximate surface area is 81.6 Å². The number of hydrogen-bond donors (Lipinski definition) is 1. The highest BCUT2D eigenvalue weighted by Crippen LogP contribution is 2.28. The van der Waals surface area contributed by atoms with Crippen LogP contribution in [0, 0.1) is 0 Å². The van der Waals surface area contributed by atoms with E-state index in [1.807, 2.05) is 13.0 Å². The molecule has 1 atom stereocenters. The number of ether oxygens (including phenoxy) is 1. The van der Waals surface area contributed by atoms with Crippen molar-refractivity contribution in [3.63, 3.8) is 0 Å². The quantitative estimate of drug-likeness (QED) is 0.738. The second-order valence-corrected chi connectivity index (χ2v) is 3.20. The number of carboxylic acid groups (broad SMARTS) is 1. The molecule has 0 spiro atoms. The van der Waals surface area contributed by atoms with Crippen LogP contribution in [0.3, 0.4) is 0 Å². The standard InChI is InChI=1S/C11H10O3/c1-7-5-6-8-9(11(12)13)3-2-4-10(8)14-7/h2-7H,1H3,(H,12,13). The molecule has 1 aromatic rings. The Morgan fingerprint density at radius 3 is 3.00 bits per heavy atom. The molecule has 2 rings (SSSR count). The van der Waals surface area contributed by atoms with E-state index in [9.17, 15) is 4.79 Å². The zero-order chi connectivity index (χ0) is 10.1. The smallest absolute Gasteiger partial charge is 0.336 e. The molecule has 1 aromatic carbocycles. The zero-order valence-electron chi connectivity index (χ0n) is 7.73. The van der Waals surface area contributed by atoms with Crippen molar-refractivity contribution in [2.24, 2.45) is 0 Å². The van der Waals surface area contributed by atoms with Gasteiger partial charge in [0.25, 0.3) is 0 Å². The third kappa shape index (κ3) is 1.37. The van der Waals surface area contributed by atoms with E-state index >= 15 is 0 Å². The van der Waals surface area contributed by atoms with Crippen molar-refractivity contribution in [1.82, 2.24) is 0 Å². The van der Waals surface area contributed by atoms with Crippen LogP contribution in [0.4, 0.5) is 0 Å². The first kappa shape index (κ1) is 8.81. The van der Waals surface area contributed by atoms with E-state index in [1.54, 1.807) is 24.3 Å². The molecular formula is C11H10O3. The highest BCUT2D eigenvalue weighted by Gasteiger charge is 2.16. The van der Waals surface area contributed by atoms with E-state index in [4.69, 9.17) is 9.84 Å². The normalized spacial score (nSPS) is 18.5. The van der Waals surface area contributed by atoms with Crippen LogP contribution < -0.4 is 4.74 Å². The average Bonchev–Trinajstić information content (AvgIpc) is 2.16. The van der Waals surface area contributed by atoms with Gasteiger partial charge in [-0.15, -0.1) is 0 Å². The fourth-order valence-electron chi connectivity index (χ4n) is 1.48. The highest BCUT2D eigenvalue weighted by molar-refractivity contribution is 5.93. The van der Waals surface area contributed by atoms with Gasteiger partial charge in [-0.25, -0.2) is 4.79 Å². The molecule has 3 nitrogen and oxygen atoms in total. The van der Waals surface area contributed by atoms with Gasteiger partial charge in [0.05, 0.1) is 5.56 Å². The molecule has 0 saturated heterocycles. The maximum absolute atomic E-state index is 10.9. The van der Waals surface area contributed by atoms with Crippen molar-refractivity contribution in [1.29, 1.82) is 0 Å². The van der Waals surface area contributed by atoms with Gasteiger partial charge in [0.1, 0.15) is 11.9 Å². The Balaban J connectivity index is 2.55. The molecule has 0 amide bonds. The van der Waals surface area contributed by atoms with E-state index < -0.39 is 5.97 Å². The topological polar surface area (TPSA) is 46.5 Å². The van der Waals surface area contributed by atoms with E-state index in [0.717, 1.165) is 0 Å². The SMILES string of the molecule is CC1C=Cc2c(cccc2C(=O)O)O1. The van der Waals surface area contributed by atoms with Crippen molar-refractivity contribution in [2.45, 2.75) is 13.0 Å². The Morgan fingerprint density at radius 2 is 2.29 bits per heavy atom. The first-order valence-corrected chi connectivity index (χ1v) is 4.39. The molecule has 0 fully saturated rings. The maximum Gasteiger partial charge on any atom is 0.336 e. The molecular weight excluding hydrogens is 180 g/mol. The van der Waals surface area contributed by atoms with Crippen LogP contribution in [-0.2, 0) is 0 Å². The molecule has 3 heteroatoms. The first-order valence-electron chi connectivity index (χ1n) is 4.39. The molecule has 0 radical (unpaired) electrons. The van der Waals surface area contributed by atoms with Gasteiger partial charge in [0.15, 0.2) is 0 Å². The van der Waals surface area contributed by atoms with Gasteiger partial charge in [-0.1, -0.05) is 12.1 Å². The summed E-state index contributed by atoms with van der Waals surface area (Å²) in [4.78, 5) is 10.9. The average molecular weight is 190 g/mol. The minimum absolute atomic E-state index is 0.00606. The van der Waals surface area contributed by atoms with Gasteiger partial charge in [-0.3, -0.25) is 0 Å². The van der Waals surface area contributed by atoms with Crippen LogP contribution in [0.1, 0.15) is 22.8 Å². The second kappa shape index (κ2) is 3.18. The Hall–Kier alpha value is -1.77. The Morgan fingerprint density at radius 1 is 1.50 bits per heavy atom. The highest BCUT2D eigenvalue weighted by atomic mass is 16.5. The lowest BCUT2D eigenvalue weighted by molar-refractivity contribution is 0.0695. The summed E-state index contributed by atoms with van der Waals surface area (Å²) in [5, 5.41) is 8.92. The van der Waals surface area contributed by atoms with E-state index in [1.165, 1.54) is 0 Å². The Kier molecular flexibility index (Phi) is 2.00. The fourth-order valence-corrected chi connectivity index (χ4v) is 1.48. The summed E-state index contributed by atoms with van der Waals surface area (Å²) in [5.41, 5.74) is 0.934. The molecule has 0 saturated carbocycles. The number of carbonyl (C=O) groups is 1. The van der Waals surface area contributed by atoms with Gasteiger partial charge in [-0.2, -0.15) is 0 Å². The molecule has 1 aliphatic heterocycles. The lowest BCUT2D eigenvalue weighted by atomic mass is 10.0. The summed E-state index contributed by atoms with van der Waals surface area (Å²) in [6, 6.07) is 5.04. The van der Waals surface area contributed by atoms with Crippen LogP contribution in [0.25, 0.3) is 6.08 Å². The predicted molar refractivity (Wildman–Crippen MR) is 52.5 cm³/mol. The van der Waals surface area contributed by atoms with Crippen LogP contribution in [0.2, 0.25) is 0 Å². The minimum atomic E-state index is -0.926. The molecule has 0 aromatic heterocycles. The van der Waals surface area contributed by atoms with Gasteiger partial charge < -0.3 is 9.84 Å². The van der Waals surface area contributed by atoms with E-state index in [2.05, 4.69) is 0 Å². The molecule has 1 aliphatic rings. The summed E-state index contributed by atoms with van der Waals surface area (Å²) >= 11 is 0. The third-order valence-corrected chi connectivity index (χ3v) is 2.14. The van der Waals surface area contributed by atoms with E-state index in [-0.39, 0.29) is 11.7 Å². The molecule has 1 N–H and O–H groups in total. The summed E-state index contributed by atoms with van der Waals surface area (Å²) in [6.07, 6.45) is 3.65. The molecule has 0 bridgehead atoms. The number of benzene rings is 1. The largest absolute Gasteiger partial charge is 0.486 e. The lowest BCUT2D eigenvalue weighted by Gasteiger charge is -2.19. The molecule has 1 unspecified atom stereocenters. The summed E-state index contributed by atoms with van der Waals surface area (Å²) in [6.45, 7) is 1.91. The van der Waals surface area contributed by atoms with Crippen molar-refractivity contribution in [3.05, 3.63) is 35.4 Å². The molecule has 72 valence electrons. The zero-order valence-corrected chi connectivity index (χ0v) is 7.73. The van der Waals surface area contributed by atoms with Crippen molar-refractivity contribution < 1.29 is 14.6 Å². The summed E-state index contributed by atoms with van der Waals surface area (Å²) in [7, 11) is 0. The van der Waals surface area contributed by atoms with Crippen LogP contribution >= 0.6 is 0 Å². The van der Waals surface area contributed by atoms with Gasteiger partial charge >= 0.3 is 5.97 Å². The van der Waals surface area contributed by atoms with Crippen LogP contribution in [0.5, 0.6) is 5.75 Å². The van der Waals surface area contributed by atoms with Crippen molar-refractivity contribution in [3.8, 4) is 5.75 Å². The van der Waals surface area contributed by atoms with Crippen LogP contribution in [0.15, 0.2) is 24.3 Å². The van der Waals surface area contributed by atoms with Crippen LogP contribution in [-0.4, -0.2) is 17.2 Å². The van der Waals surface area contributed by atoms with Gasteiger partial charge in [0.2, 0.25) is 0 Å². The summed E-state index contributed by atoms with van der Waals surface area (Å²) in [5.74, 6) is -0.287. The third-order valence-electron chi connectivity index (χ3n) is 2.14. The lowest BCUT2D eigenvalue weighted by Crippen LogP contribution is -2.14. The monoisotopic (exact) mass is 190 g/mol. The van der Waals surface area contributed by atoms with Crippen molar-refractivity contribution in [2.75, 3.05) is 0 Å². The number of aromatic carboxylic acids is 1. The van der Waals surface area contributed by atoms with Crippen molar-refractivity contribution >= 4 is 12.0 Å². The minimum Gasteiger partial charge on any atom is -0.486 e. The molecule has 1 heterocycles. The molecule has 0 aliphatic carbocycles. The Bertz CT molecular complexity index is 407. The van der Waals surface area contributed by atoms with E-state index in [0.29, 0.717) is 11.3 Å². The second-order valence-electron chi connectivity index (χ2n) is 3.20. The van der Waals surface area contributed by atoms with Gasteiger partial charge in [0, 0.05) is 5.56 Å². The first-order chi connectivity index (χ1) is 6.68.